The van der Waals surface area contributed by atoms with Crippen LogP contribution in [0.25, 0.3) is 11.3 Å². The average Bonchev–Trinajstić information content (AvgIpc) is 3.37. The van der Waals surface area contributed by atoms with Gasteiger partial charge in [0, 0.05) is 57.1 Å². The number of amides is 1. The lowest BCUT2D eigenvalue weighted by molar-refractivity contribution is 0.0622. The van der Waals surface area contributed by atoms with Gasteiger partial charge in [-0.1, -0.05) is 12.1 Å². The number of benzene rings is 1. The number of nitrogens with one attached hydrogen (secondary N) is 1. The highest BCUT2D eigenvalue weighted by molar-refractivity contribution is 5.93. The second-order valence-corrected chi connectivity index (χ2v) is 6.99. The van der Waals surface area contributed by atoms with E-state index in [4.69, 9.17) is 4.74 Å². The Morgan fingerprint density at radius 1 is 1.21 bits per heavy atom. The Kier molecular flexibility index (Phi) is 5.12. The van der Waals surface area contributed by atoms with Crippen LogP contribution in [0.1, 0.15) is 16.1 Å². The molecule has 3 aromatic rings. The van der Waals surface area contributed by atoms with Crippen molar-refractivity contribution < 1.29 is 9.53 Å². The Balaban J connectivity index is 1.37. The zero-order valence-electron chi connectivity index (χ0n) is 16.1. The number of methoxy groups -OCH3 is 1. The van der Waals surface area contributed by atoms with E-state index in [-0.39, 0.29) is 5.91 Å². The van der Waals surface area contributed by atoms with Crippen LogP contribution in [0.5, 0.6) is 5.75 Å². The quantitative estimate of drug-likeness (QED) is 0.730. The maximum Gasteiger partial charge on any atom is 0.271 e. The van der Waals surface area contributed by atoms with Crippen molar-refractivity contribution in [3.63, 3.8) is 0 Å². The molecule has 0 saturated carbocycles. The molecule has 2 aromatic heterocycles. The fourth-order valence-electron chi connectivity index (χ4n) is 3.45. The predicted octanol–water partition coefficient (Wildman–Crippen LogP) is 1.78. The summed E-state index contributed by atoms with van der Waals surface area (Å²) in [6, 6.07) is 9.45. The fraction of sp³-hybridized carbons (Fsp3) is 0.350. The van der Waals surface area contributed by atoms with Gasteiger partial charge >= 0.3 is 0 Å². The number of H-pyrrole nitrogens is 1. The molecule has 0 radical (unpaired) electrons. The van der Waals surface area contributed by atoms with Gasteiger partial charge in [-0.2, -0.15) is 10.2 Å². The van der Waals surface area contributed by atoms with Gasteiger partial charge in [-0.05, 0) is 18.2 Å². The summed E-state index contributed by atoms with van der Waals surface area (Å²) in [5, 5.41) is 11.4. The van der Waals surface area contributed by atoms with E-state index in [1.54, 1.807) is 13.2 Å². The number of aryl methyl sites for hydroxylation is 1. The zero-order valence-corrected chi connectivity index (χ0v) is 16.1. The van der Waals surface area contributed by atoms with Gasteiger partial charge in [0.05, 0.1) is 19.0 Å². The number of ether oxygens (including phenoxy) is 1. The van der Waals surface area contributed by atoms with Crippen LogP contribution >= 0.6 is 0 Å². The first-order valence-electron chi connectivity index (χ1n) is 9.31. The largest absolute Gasteiger partial charge is 0.497 e. The fourth-order valence-corrected chi connectivity index (χ4v) is 3.45. The third kappa shape index (κ3) is 3.91. The summed E-state index contributed by atoms with van der Waals surface area (Å²) in [6.07, 6.45) is 3.92. The highest BCUT2D eigenvalue weighted by atomic mass is 16.5. The highest BCUT2D eigenvalue weighted by Crippen LogP contribution is 2.23. The van der Waals surface area contributed by atoms with E-state index in [1.807, 2.05) is 53.3 Å². The number of hydrogen-bond donors (Lipinski definition) is 1. The Morgan fingerprint density at radius 2 is 2.04 bits per heavy atom. The Hall–Kier alpha value is -3.13. The molecule has 0 bridgehead atoms. The molecule has 28 heavy (non-hydrogen) atoms. The second-order valence-electron chi connectivity index (χ2n) is 6.99. The van der Waals surface area contributed by atoms with Crippen molar-refractivity contribution >= 4 is 5.91 Å². The van der Waals surface area contributed by atoms with Gasteiger partial charge in [0.15, 0.2) is 0 Å². The maximum absolute atomic E-state index is 12.8. The van der Waals surface area contributed by atoms with Crippen molar-refractivity contribution in [3.05, 3.63) is 54.0 Å². The van der Waals surface area contributed by atoms with Crippen molar-refractivity contribution in [2.45, 2.75) is 6.54 Å². The topological polar surface area (TPSA) is 79.3 Å². The smallest absolute Gasteiger partial charge is 0.271 e. The molecule has 1 aliphatic rings. The number of hydrogen-bond acceptors (Lipinski definition) is 5. The molecule has 0 unspecified atom stereocenters. The van der Waals surface area contributed by atoms with Gasteiger partial charge in [-0.15, -0.1) is 0 Å². The minimum Gasteiger partial charge on any atom is -0.497 e. The average molecular weight is 380 g/mol. The first-order chi connectivity index (χ1) is 13.6. The van der Waals surface area contributed by atoms with Crippen molar-refractivity contribution in [1.29, 1.82) is 0 Å². The first kappa shape index (κ1) is 18.2. The summed E-state index contributed by atoms with van der Waals surface area (Å²) >= 11 is 0. The zero-order chi connectivity index (χ0) is 19.5. The Bertz CT molecular complexity index is 955. The summed E-state index contributed by atoms with van der Waals surface area (Å²) < 4.78 is 7.07. The van der Waals surface area contributed by atoms with Crippen molar-refractivity contribution in [2.75, 3.05) is 33.3 Å². The lowest BCUT2D eigenvalue weighted by atomic mass is 10.1. The summed E-state index contributed by atoms with van der Waals surface area (Å²) in [5.41, 5.74) is 3.35. The SMILES string of the molecule is COc1cccc(-c2cc(C(=O)N3CCN(Cc4cnn(C)c4)CC3)[nH]n2)c1. The molecular weight excluding hydrogens is 356 g/mol. The van der Waals surface area contributed by atoms with Crippen molar-refractivity contribution in [2.24, 2.45) is 7.05 Å². The van der Waals surface area contributed by atoms with Crippen LogP contribution in [0.2, 0.25) is 0 Å². The summed E-state index contributed by atoms with van der Waals surface area (Å²) in [5.74, 6) is 0.751. The van der Waals surface area contributed by atoms with Gasteiger partial charge in [0.2, 0.25) is 0 Å². The van der Waals surface area contributed by atoms with Crippen LogP contribution in [-0.4, -0.2) is 69.0 Å². The summed E-state index contributed by atoms with van der Waals surface area (Å²) in [7, 11) is 3.55. The van der Waals surface area contributed by atoms with Crippen molar-refractivity contribution in [3.8, 4) is 17.0 Å². The summed E-state index contributed by atoms with van der Waals surface area (Å²) in [4.78, 5) is 17.1. The molecule has 1 N–H and O–H groups in total. The number of aromatic amines is 1. The minimum absolute atomic E-state index is 0.0114. The van der Waals surface area contributed by atoms with Gasteiger partial charge < -0.3 is 9.64 Å². The molecule has 146 valence electrons. The number of aromatic nitrogens is 4. The molecule has 3 heterocycles. The lowest BCUT2D eigenvalue weighted by Crippen LogP contribution is -2.48. The van der Waals surface area contributed by atoms with E-state index in [2.05, 4.69) is 20.2 Å². The molecule has 8 nitrogen and oxygen atoms in total. The molecular formula is C20H24N6O2. The molecule has 1 fully saturated rings. The van der Waals surface area contributed by atoms with Gasteiger partial charge in [0.25, 0.3) is 5.91 Å². The van der Waals surface area contributed by atoms with Gasteiger partial charge in [0.1, 0.15) is 11.4 Å². The van der Waals surface area contributed by atoms with Crippen LogP contribution in [0.15, 0.2) is 42.7 Å². The standard InChI is InChI=1S/C20H24N6O2/c1-24-13-15(12-21-24)14-25-6-8-26(9-7-25)20(27)19-11-18(22-23-19)16-4-3-5-17(10-16)28-2/h3-5,10-13H,6-9,14H2,1-2H3,(H,22,23). The van der Waals surface area contributed by atoms with Gasteiger partial charge in [-0.3, -0.25) is 19.5 Å². The van der Waals surface area contributed by atoms with E-state index >= 15 is 0 Å². The minimum atomic E-state index is -0.0114. The van der Waals surface area contributed by atoms with Crippen molar-refractivity contribution in [1.82, 2.24) is 29.8 Å². The maximum atomic E-state index is 12.8. The third-order valence-electron chi connectivity index (χ3n) is 5.00. The van der Waals surface area contributed by atoms with E-state index in [9.17, 15) is 4.79 Å². The number of carbonyl (C=O) groups is 1. The molecule has 1 amide bonds. The monoisotopic (exact) mass is 380 g/mol. The van der Waals surface area contributed by atoms with Crippen LogP contribution in [0.3, 0.4) is 0 Å². The molecule has 1 saturated heterocycles. The lowest BCUT2D eigenvalue weighted by Gasteiger charge is -2.34. The van der Waals surface area contributed by atoms with Crippen LogP contribution < -0.4 is 4.74 Å². The van der Waals surface area contributed by atoms with Crippen LogP contribution in [0, 0.1) is 0 Å². The highest BCUT2D eigenvalue weighted by Gasteiger charge is 2.24. The predicted molar refractivity (Wildman–Crippen MR) is 105 cm³/mol. The second kappa shape index (κ2) is 7.85. The molecule has 1 aliphatic heterocycles. The number of piperazine rings is 1. The van der Waals surface area contributed by atoms with Crippen LogP contribution in [-0.2, 0) is 13.6 Å². The summed E-state index contributed by atoms with van der Waals surface area (Å²) in [6.45, 7) is 3.95. The molecule has 4 rings (SSSR count). The Labute approximate surface area is 163 Å². The molecule has 0 atom stereocenters. The molecule has 8 heteroatoms. The molecule has 1 aromatic carbocycles. The van der Waals surface area contributed by atoms with Gasteiger partial charge in [-0.25, -0.2) is 0 Å². The Morgan fingerprint density at radius 3 is 2.75 bits per heavy atom. The molecule has 0 spiro atoms. The molecule has 0 aliphatic carbocycles. The number of nitrogens with zero attached hydrogens (tertiary/aromatic N) is 5. The van der Waals surface area contributed by atoms with E-state index in [1.165, 1.54) is 5.56 Å². The number of carbonyl (C=O) groups excluding carboxylic acids is 1. The van der Waals surface area contributed by atoms with Crippen LogP contribution in [0.4, 0.5) is 0 Å². The van der Waals surface area contributed by atoms with E-state index < -0.39 is 0 Å². The number of rotatable bonds is 5. The van der Waals surface area contributed by atoms with E-state index in [0.717, 1.165) is 36.6 Å². The normalized spacial score (nSPS) is 15.0. The first-order valence-corrected chi connectivity index (χ1v) is 9.31. The third-order valence-corrected chi connectivity index (χ3v) is 5.00. The van der Waals surface area contributed by atoms with E-state index in [0.29, 0.717) is 18.8 Å².